The van der Waals surface area contributed by atoms with E-state index in [0.29, 0.717) is 11.5 Å². The molecule has 1 atom stereocenters. The van der Waals surface area contributed by atoms with Gasteiger partial charge in [-0.05, 0) is 49.9 Å². The van der Waals surface area contributed by atoms with E-state index in [1.54, 1.807) is 0 Å². The van der Waals surface area contributed by atoms with Crippen LogP contribution in [0.3, 0.4) is 0 Å². The molecule has 0 aliphatic carbocycles. The van der Waals surface area contributed by atoms with Gasteiger partial charge in [0.1, 0.15) is 0 Å². The van der Waals surface area contributed by atoms with E-state index in [1.807, 2.05) is 11.0 Å². The fraction of sp³-hybridized carbons (Fsp3) is 0.632. The van der Waals surface area contributed by atoms with Gasteiger partial charge in [-0.1, -0.05) is 24.3 Å². The molecule has 0 spiro atoms. The third-order valence-corrected chi connectivity index (χ3v) is 7.80. The van der Waals surface area contributed by atoms with Crippen LogP contribution in [-0.4, -0.2) is 61.3 Å². The number of carbonyl (C=O) groups is 1. The molecule has 1 aromatic rings. The van der Waals surface area contributed by atoms with E-state index in [4.69, 9.17) is 0 Å². The molecule has 2 saturated heterocycles. The van der Waals surface area contributed by atoms with Crippen molar-refractivity contribution in [3.63, 3.8) is 0 Å². The number of benzene rings is 1. The Morgan fingerprint density at radius 2 is 1.72 bits per heavy atom. The first-order valence-corrected chi connectivity index (χ1v) is 11.1. The number of hydrogen-bond acceptors (Lipinski definition) is 4. The lowest BCUT2D eigenvalue weighted by atomic mass is 9.92. The van der Waals surface area contributed by atoms with Crippen molar-refractivity contribution < 1.29 is 13.2 Å². The normalized spacial score (nSPS) is 27.2. The molecule has 6 heteroatoms. The maximum Gasteiger partial charge on any atom is 0.226 e. The largest absolute Gasteiger partial charge is 0.338 e. The Bertz CT molecular complexity index is 754. The monoisotopic (exact) mass is 362 g/mol. The summed E-state index contributed by atoms with van der Waals surface area (Å²) in [5.41, 5.74) is 2.64. The molecule has 0 bridgehead atoms. The zero-order valence-electron chi connectivity index (χ0n) is 14.6. The van der Waals surface area contributed by atoms with Crippen LogP contribution in [-0.2, 0) is 27.6 Å². The summed E-state index contributed by atoms with van der Waals surface area (Å²) in [6.45, 7) is 3.25. The van der Waals surface area contributed by atoms with Crippen LogP contribution < -0.4 is 0 Å². The van der Waals surface area contributed by atoms with E-state index in [2.05, 4.69) is 23.1 Å². The van der Waals surface area contributed by atoms with E-state index >= 15 is 0 Å². The lowest BCUT2D eigenvalue weighted by molar-refractivity contribution is -0.138. The summed E-state index contributed by atoms with van der Waals surface area (Å²) < 4.78 is 23.4. The third kappa shape index (κ3) is 3.60. The first-order valence-electron chi connectivity index (χ1n) is 9.32. The third-order valence-electron chi connectivity index (χ3n) is 6.05. The zero-order chi connectivity index (χ0) is 17.4. The number of piperidine rings is 1. The minimum absolute atomic E-state index is 0.0968. The first-order chi connectivity index (χ1) is 12.0. The predicted octanol–water partition coefficient (Wildman–Crippen LogP) is 1.47. The second-order valence-electron chi connectivity index (χ2n) is 7.65. The Morgan fingerprint density at radius 3 is 2.40 bits per heavy atom. The van der Waals surface area contributed by atoms with E-state index in [0.717, 1.165) is 51.9 Å². The number of amides is 1. The fourth-order valence-electron chi connectivity index (χ4n) is 4.52. The molecule has 4 rings (SSSR count). The average Bonchev–Trinajstić information content (AvgIpc) is 3.01. The van der Waals surface area contributed by atoms with Crippen molar-refractivity contribution in [1.29, 1.82) is 0 Å². The maximum absolute atomic E-state index is 12.9. The second-order valence-corrected chi connectivity index (χ2v) is 9.87. The number of carbonyl (C=O) groups excluding carboxylic acids is 1. The van der Waals surface area contributed by atoms with Gasteiger partial charge in [0.05, 0.1) is 11.5 Å². The molecule has 136 valence electrons. The van der Waals surface area contributed by atoms with Crippen molar-refractivity contribution >= 4 is 15.7 Å². The molecule has 3 aliphatic heterocycles. The zero-order valence-corrected chi connectivity index (χ0v) is 15.4. The van der Waals surface area contributed by atoms with Crippen molar-refractivity contribution in [3.8, 4) is 0 Å². The Labute approximate surface area is 149 Å². The lowest BCUT2D eigenvalue weighted by Gasteiger charge is -2.38. The van der Waals surface area contributed by atoms with E-state index in [-0.39, 0.29) is 17.9 Å². The SMILES string of the molecule is O=C(C1CCN([C@@H]2CCS(=O)(=O)C2)CC1)N1CCc2ccccc2C1. The molecule has 0 aromatic heterocycles. The van der Waals surface area contributed by atoms with Crippen LogP contribution in [0.5, 0.6) is 0 Å². The summed E-state index contributed by atoms with van der Waals surface area (Å²) >= 11 is 0. The Hall–Kier alpha value is -1.40. The Balaban J connectivity index is 1.33. The fourth-order valence-corrected chi connectivity index (χ4v) is 6.28. The van der Waals surface area contributed by atoms with E-state index in [9.17, 15) is 13.2 Å². The van der Waals surface area contributed by atoms with Gasteiger partial charge in [-0.3, -0.25) is 9.69 Å². The smallest absolute Gasteiger partial charge is 0.226 e. The van der Waals surface area contributed by atoms with Crippen molar-refractivity contribution in [3.05, 3.63) is 35.4 Å². The van der Waals surface area contributed by atoms with E-state index in [1.165, 1.54) is 11.1 Å². The highest BCUT2D eigenvalue weighted by Gasteiger charge is 2.36. The maximum atomic E-state index is 12.9. The molecule has 5 nitrogen and oxygen atoms in total. The summed E-state index contributed by atoms with van der Waals surface area (Å²) in [4.78, 5) is 17.2. The van der Waals surface area contributed by atoms with Crippen LogP contribution in [0, 0.1) is 5.92 Å². The Morgan fingerprint density at radius 1 is 1.00 bits per heavy atom. The summed E-state index contributed by atoms with van der Waals surface area (Å²) in [6, 6.07) is 8.56. The number of nitrogens with zero attached hydrogens (tertiary/aromatic N) is 2. The first kappa shape index (κ1) is 17.0. The van der Waals surface area contributed by atoms with Crippen LogP contribution >= 0.6 is 0 Å². The van der Waals surface area contributed by atoms with Crippen LogP contribution in [0.2, 0.25) is 0 Å². The molecule has 3 aliphatic rings. The van der Waals surface area contributed by atoms with Gasteiger partial charge in [0.25, 0.3) is 0 Å². The molecule has 0 radical (unpaired) electrons. The van der Waals surface area contributed by atoms with Crippen molar-refractivity contribution in [1.82, 2.24) is 9.80 Å². The number of rotatable bonds is 2. The standard InChI is InChI=1S/C19H26N2O3S/c22-19(21-11-5-15-3-1-2-4-17(15)13-21)16-6-9-20(10-7-16)18-8-12-25(23,24)14-18/h1-4,16,18H,5-14H2/t18-/m1/s1. The summed E-state index contributed by atoms with van der Waals surface area (Å²) in [5, 5.41) is 0. The van der Waals surface area contributed by atoms with Gasteiger partial charge in [0.2, 0.25) is 5.91 Å². The topological polar surface area (TPSA) is 57.7 Å². The second kappa shape index (κ2) is 6.72. The molecule has 1 aromatic carbocycles. The molecular weight excluding hydrogens is 336 g/mol. The van der Waals surface area contributed by atoms with Crippen LogP contribution in [0.4, 0.5) is 0 Å². The molecule has 0 N–H and O–H groups in total. The van der Waals surface area contributed by atoms with Crippen LogP contribution in [0.15, 0.2) is 24.3 Å². The minimum Gasteiger partial charge on any atom is -0.338 e. The van der Waals surface area contributed by atoms with Gasteiger partial charge >= 0.3 is 0 Å². The van der Waals surface area contributed by atoms with Gasteiger partial charge in [-0.15, -0.1) is 0 Å². The Kier molecular flexibility index (Phi) is 4.58. The van der Waals surface area contributed by atoms with Crippen LogP contribution in [0.1, 0.15) is 30.4 Å². The molecule has 0 unspecified atom stereocenters. The molecule has 1 amide bonds. The van der Waals surface area contributed by atoms with Gasteiger partial charge in [-0.2, -0.15) is 0 Å². The molecule has 2 fully saturated rings. The summed E-state index contributed by atoms with van der Waals surface area (Å²) in [6.07, 6.45) is 3.41. The summed E-state index contributed by atoms with van der Waals surface area (Å²) in [7, 11) is -2.84. The molecule has 0 saturated carbocycles. The van der Waals surface area contributed by atoms with Gasteiger partial charge in [0.15, 0.2) is 9.84 Å². The quantitative estimate of drug-likeness (QED) is 0.799. The van der Waals surface area contributed by atoms with Crippen molar-refractivity contribution in [2.24, 2.45) is 5.92 Å². The lowest BCUT2D eigenvalue weighted by Crippen LogP contribution is -2.47. The number of sulfone groups is 1. The van der Waals surface area contributed by atoms with Gasteiger partial charge in [-0.25, -0.2) is 8.42 Å². The molecule has 3 heterocycles. The number of fused-ring (bicyclic) bond motifs is 1. The van der Waals surface area contributed by atoms with E-state index < -0.39 is 9.84 Å². The molecule has 25 heavy (non-hydrogen) atoms. The average molecular weight is 362 g/mol. The van der Waals surface area contributed by atoms with Crippen molar-refractivity contribution in [2.45, 2.75) is 38.3 Å². The minimum atomic E-state index is -2.84. The predicted molar refractivity (Wildman–Crippen MR) is 96.9 cm³/mol. The highest BCUT2D eigenvalue weighted by atomic mass is 32.2. The van der Waals surface area contributed by atoms with Crippen molar-refractivity contribution in [2.75, 3.05) is 31.1 Å². The number of hydrogen-bond donors (Lipinski definition) is 0. The number of likely N-dealkylation sites (tertiary alicyclic amines) is 1. The molecular formula is C19H26N2O3S. The highest BCUT2D eigenvalue weighted by molar-refractivity contribution is 7.91. The van der Waals surface area contributed by atoms with Crippen LogP contribution in [0.25, 0.3) is 0 Å². The van der Waals surface area contributed by atoms with Gasteiger partial charge < -0.3 is 4.90 Å². The summed E-state index contributed by atoms with van der Waals surface area (Å²) in [5.74, 6) is 1.01. The van der Waals surface area contributed by atoms with Gasteiger partial charge in [0, 0.05) is 25.0 Å². The highest BCUT2D eigenvalue weighted by Crippen LogP contribution is 2.27.